The van der Waals surface area contributed by atoms with Crippen molar-refractivity contribution < 1.29 is 13.5 Å². The maximum atomic E-state index is 12.0. The fraction of sp³-hybridized carbons (Fsp3) is 0.615. The summed E-state index contributed by atoms with van der Waals surface area (Å²) in [5.74, 6) is 0.129. The van der Waals surface area contributed by atoms with Crippen molar-refractivity contribution >= 4 is 9.84 Å². The molecule has 0 saturated carbocycles. The van der Waals surface area contributed by atoms with Crippen molar-refractivity contribution in [3.63, 3.8) is 0 Å². The molecule has 1 heterocycles. The Balaban J connectivity index is 2.69. The third kappa shape index (κ3) is 4.74. The van der Waals surface area contributed by atoms with Gasteiger partial charge in [-0.25, -0.2) is 8.42 Å². The van der Waals surface area contributed by atoms with E-state index in [1.807, 2.05) is 0 Å². The van der Waals surface area contributed by atoms with E-state index in [0.29, 0.717) is 17.7 Å². The van der Waals surface area contributed by atoms with E-state index in [1.54, 1.807) is 12.3 Å². The molecule has 0 spiro atoms. The number of nitrogens with zero attached hydrogens (tertiary/aromatic N) is 1. The molecule has 0 amide bonds. The Morgan fingerprint density at radius 2 is 2.00 bits per heavy atom. The highest BCUT2D eigenvalue weighted by molar-refractivity contribution is 7.91. The molecular formula is C13H21NO3S. The van der Waals surface area contributed by atoms with Crippen LogP contribution in [0.2, 0.25) is 0 Å². The molecule has 0 bridgehead atoms. The highest BCUT2D eigenvalue weighted by Crippen LogP contribution is 2.14. The van der Waals surface area contributed by atoms with Crippen LogP contribution in [0.5, 0.6) is 0 Å². The van der Waals surface area contributed by atoms with Crippen LogP contribution in [-0.4, -0.2) is 30.9 Å². The molecule has 0 unspecified atom stereocenters. The normalized spacial score (nSPS) is 11.7. The van der Waals surface area contributed by atoms with Gasteiger partial charge in [0.05, 0.1) is 10.6 Å². The third-order valence-corrected chi connectivity index (χ3v) is 4.51. The van der Waals surface area contributed by atoms with E-state index in [0.717, 1.165) is 24.8 Å². The minimum atomic E-state index is -3.23. The molecule has 0 fully saturated rings. The number of aliphatic hydroxyl groups is 1. The molecule has 1 aromatic heterocycles. The number of unbranched alkanes of at least 4 members (excludes halogenated alkanes) is 2. The number of sulfone groups is 1. The van der Waals surface area contributed by atoms with Gasteiger partial charge in [-0.15, -0.1) is 0 Å². The Labute approximate surface area is 109 Å². The van der Waals surface area contributed by atoms with Gasteiger partial charge in [0.15, 0.2) is 9.84 Å². The molecule has 0 aliphatic rings. The Kier molecular flexibility index (Phi) is 6.29. The Morgan fingerprint density at radius 1 is 1.22 bits per heavy atom. The molecule has 0 aliphatic heterocycles. The van der Waals surface area contributed by atoms with Gasteiger partial charge in [-0.1, -0.05) is 19.8 Å². The smallest absolute Gasteiger partial charge is 0.179 e. The average Bonchev–Trinajstić information content (AvgIpc) is 2.36. The molecule has 0 saturated heterocycles. The van der Waals surface area contributed by atoms with E-state index in [-0.39, 0.29) is 12.4 Å². The van der Waals surface area contributed by atoms with Crippen LogP contribution in [0.3, 0.4) is 0 Å². The molecule has 5 heteroatoms. The second-order valence-electron chi connectivity index (χ2n) is 4.38. The van der Waals surface area contributed by atoms with Crippen molar-refractivity contribution in [3.8, 4) is 0 Å². The van der Waals surface area contributed by atoms with Gasteiger partial charge in [0.25, 0.3) is 0 Å². The molecule has 0 aliphatic carbocycles. The minimum Gasteiger partial charge on any atom is -0.396 e. The number of aryl methyl sites for hydroxylation is 1. The number of hydrogen-bond donors (Lipinski definition) is 1. The monoisotopic (exact) mass is 271 g/mol. The van der Waals surface area contributed by atoms with E-state index in [9.17, 15) is 8.42 Å². The predicted molar refractivity (Wildman–Crippen MR) is 71.2 cm³/mol. The van der Waals surface area contributed by atoms with Gasteiger partial charge in [0.2, 0.25) is 0 Å². The van der Waals surface area contributed by atoms with Crippen molar-refractivity contribution in [2.45, 2.75) is 43.9 Å². The molecule has 1 aromatic rings. The van der Waals surface area contributed by atoms with Gasteiger partial charge in [0.1, 0.15) is 0 Å². The third-order valence-electron chi connectivity index (χ3n) is 2.74. The van der Waals surface area contributed by atoms with Gasteiger partial charge >= 0.3 is 0 Å². The molecular weight excluding hydrogens is 250 g/mol. The van der Waals surface area contributed by atoms with Crippen molar-refractivity contribution in [3.05, 3.63) is 24.0 Å². The first kappa shape index (κ1) is 15.1. The number of pyridine rings is 1. The highest BCUT2D eigenvalue weighted by atomic mass is 32.2. The van der Waals surface area contributed by atoms with Crippen molar-refractivity contribution in [2.24, 2.45) is 0 Å². The lowest BCUT2D eigenvalue weighted by Gasteiger charge is -2.05. The summed E-state index contributed by atoms with van der Waals surface area (Å²) in [4.78, 5) is 4.31. The number of aromatic nitrogens is 1. The SMILES string of the molecule is CCCc1cncc(S(=O)(=O)CCCCCO)c1. The van der Waals surface area contributed by atoms with Crippen LogP contribution in [0.1, 0.15) is 38.2 Å². The van der Waals surface area contributed by atoms with Crippen LogP contribution in [-0.2, 0) is 16.3 Å². The lowest BCUT2D eigenvalue weighted by Crippen LogP contribution is -2.08. The fourth-order valence-electron chi connectivity index (χ4n) is 1.76. The van der Waals surface area contributed by atoms with E-state index in [4.69, 9.17) is 5.11 Å². The van der Waals surface area contributed by atoms with Gasteiger partial charge < -0.3 is 5.11 Å². The summed E-state index contributed by atoms with van der Waals surface area (Å²) in [5, 5.41) is 8.65. The number of rotatable bonds is 8. The van der Waals surface area contributed by atoms with Crippen LogP contribution < -0.4 is 0 Å². The average molecular weight is 271 g/mol. The first-order valence-corrected chi connectivity index (χ1v) is 8.03. The first-order valence-electron chi connectivity index (χ1n) is 6.37. The molecule has 102 valence electrons. The fourth-order valence-corrected chi connectivity index (χ4v) is 3.13. The lowest BCUT2D eigenvalue weighted by atomic mass is 10.2. The lowest BCUT2D eigenvalue weighted by molar-refractivity contribution is 0.284. The van der Waals surface area contributed by atoms with Crippen LogP contribution in [0.15, 0.2) is 23.4 Å². The second kappa shape index (κ2) is 7.48. The summed E-state index contributed by atoms with van der Waals surface area (Å²) in [7, 11) is -3.23. The van der Waals surface area contributed by atoms with Crippen molar-refractivity contribution in [1.29, 1.82) is 0 Å². The summed E-state index contributed by atoms with van der Waals surface area (Å²) in [6.07, 6.45) is 6.93. The van der Waals surface area contributed by atoms with E-state index < -0.39 is 9.84 Å². The van der Waals surface area contributed by atoms with E-state index >= 15 is 0 Å². The number of aliphatic hydroxyl groups excluding tert-OH is 1. The predicted octanol–water partition coefficient (Wildman–Crippen LogP) is 1.97. The van der Waals surface area contributed by atoms with Crippen LogP contribution in [0.4, 0.5) is 0 Å². The summed E-state index contributed by atoms with van der Waals surface area (Å²) in [5.41, 5.74) is 0.967. The van der Waals surface area contributed by atoms with Gasteiger partial charge in [-0.05, 0) is 30.9 Å². The van der Waals surface area contributed by atoms with Crippen LogP contribution >= 0.6 is 0 Å². The summed E-state index contributed by atoms with van der Waals surface area (Å²) >= 11 is 0. The highest BCUT2D eigenvalue weighted by Gasteiger charge is 2.14. The zero-order chi connectivity index (χ0) is 13.4. The van der Waals surface area contributed by atoms with Crippen LogP contribution in [0.25, 0.3) is 0 Å². The van der Waals surface area contributed by atoms with Crippen molar-refractivity contribution in [2.75, 3.05) is 12.4 Å². The van der Waals surface area contributed by atoms with Crippen LogP contribution in [0, 0.1) is 0 Å². The largest absolute Gasteiger partial charge is 0.396 e. The summed E-state index contributed by atoms with van der Waals surface area (Å²) < 4.78 is 24.1. The molecule has 1 N–H and O–H groups in total. The number of hydrogen-bond acceptors (Lipinski definition) is 4. The van der Waals surface area contributed by atoms with Crippen molar-refractivity contribution in [1.82, 2.24) is 4.98 Å². The molecule has 4 nitrogen and oxygen atoms in total. The van der Waals surface area contributed by atoms with E-state index in [2.05, 4.69) is 11.9 Å². The molecule has 0 aromatic carbocycles. The van der Waals surface area contributed by atoms with Gasteiger partial charge in [-0.2, -0.15) is 0 Å². The molecule has 0 radical (unpaired) electrons. The Morgan fingerprint density at radius 3 is 2.67 bits per heavy atom. The second-order valence-corrected chi connectivity index (χ2v) is 6.49. The van der Waals surface area contributed by atoms with Gasteiger partial charge in [-0.3, -0.25) is 4.98 Å². The first-order chi connectivity index (χ1) is 8.60. The molecule has 1 rings (SSSR count). The van der Waals surface area contributed by atoms with Gasteiger partial charge in [0, 0.05) is 19.0 Å². The quantitative estimate of drug-likeness (QED) is 0.734. The minimum absolute atomic E-state index is 0.119. The molecule has 18 heavy (non-hydrogen) atoms. The summed E-state index contributed by atoms with van der Waals surface area (Å²) in [6.45, 7) is 2.17. The Hall–Kier alpha value is -0.940. The zero-order valence-electron chi connectivity index (χ0n) is 10.8. The summed E-state index contributed by atoms with van der Waals surface area (Å²) in [6, 6.07) is 1.72. The van der Waals surface area contributed by atoms with E-state index in [1.165, 1.54) is 6.20 Å². The Bertz CT molecular complexity index is 457. The zero-order valence-corrected chi connectivity index (χ0v) is 11.6. The maximum Gasteiger partial charge on any atom is 0.179 e. The topological polar surface area (TPSA) is 67.3 Å². The molecule has 0 atom stereocenters. The maximum absolute atomic E-state index is 12.0. The standard InChI is InChI=1S/C13H21NO3S/c1-2-6-12-9-13(11-14-10-12)18(16,17)8-5-3-4-7-15/h9-11,15H,2-8H2,1H3.